The number of aliphatic carboxylic acids is 1. The van der Waals surface area contributed by atoms with Crippen molar-refractivity contribution in [3.63, 3.8) is 0 Å². The highest BCUT2D eigenvalue weighted by atomic mass is 16.5. The molecule has 1 atom stereocenters. The largest absolute Gasteiger partial charge is 0.480 e. The summed E-state index contributed by atoms with van der Waals surface area (Å²) in [5.74, 6) is -1.42. The van der Waals surface area contributed by atoms with Crippen molar-refractivity contribution < 1.29 is 19.4 Å². The molecule has 4 N–H and O–H groups in total. The lowest BCUT2D eigenvalue weighted by molar-refractivity contribution is -0.143. The molecule has 0 saturated heterocycles. The minimum atomic E-state index is -1.06. The number of carboxylic acids is 1. The number of ether oxygens (including phenoxy) is 1. The van der Waals surface area contributed by atoms with E-state index in [2.05, 4.69) is 5.32 Å². The van der Waals surface area contributed by atoms with Crippen molar-refractivity contribution in [1.29, 1.82) is 0 Å². The van der Waals surface area contributed by atoms with E-state index in [0.29, 0.717) is 12.8 Å². The van der Waals surface area contributed by atoms with Crippen LogP contribution in [0.15, 0.2) is 0 Å². The van der Waals surface area contributed by atoms with E-state index in [9.17, 15) is 9.59 Å². The Morgan fingerprint density at radius 2 is 2.06 bits per heavy atom. The molecule has 0 heterocycles. The molecule has 1 fully saturated rings. The van der Waals surface area contributed by atoms with Crippen LogP contribution in [0.4, 0.5) is 0 Å². The second-order valence-electron chi connectivity index (χ2n) is 4.51. The predicted octanol–water partition coefficient (Wildman–Crippen LogP) is -0.136. The van der Waals surface area contributed by atoms with Crippen LogP contribution < -0.4 is 11.1 Å². The van der Waals surface area contributed by atoms with Gasteiger partial charge >= 0.3 is 5.97 Å². The molecule has 0 radical (unpaired) electrons. The SMILES string of the molecule is COCCC(NC(=O)C1(N)CCCC1)C(=O)O. The van der Waals surface area contributed by atoms with E-state index in [-0.39, 0.29) is 18.9 Å². The number of amides is 1. The number of nitrogens with one attached hydrogen (secondary N) is 1. The van der Waals surface area contributed by atoms with Crippen molar-refractivity contribution in [3.05, 3.63) is 0 Å². The zero-order valence-corrected chi connectivity index (χ0v) is 10.1. The topological polar surface area (TPSA) is 102 Å². The number of rotatable bonds is 6. The number of hydrogen-bond acceptors (Lipinski definition) is 4. The Balaban J connectivity index is 2.54. The molecule has 6 heteroatoms. The summed E-state index contributed by atoms with van der Waals surface area (Å²) in [6, 6.07) is -0.927. The highest BCUT2D eigenvalue weighted by Gasteiger charge is 2.38. The lowest BCUT2D eigenvalue weighted by atomic mass is 9.97. The van der Waals surface area contributed by atoms with Gasteiger partial charge < -0.3 is 20.9 Å². The molecule has 1 unspecified atom stereocenters. The Hall–Kier alpha value is -1.14. The summed E-state index contributed by atoms with van der Waals surface area (Å²) in [4.78, 5) is 22.9. The zero-order valence-electron chi connectivity index (χ0n) is 10.1. The lowest BCUT2D eigenvalue weighted by Crippen LogP contribution is -2.56. The first-order valence-electron chi connectivity index (χ1n) is 5.81. The van der Waals surface area contributed by atoms with Crippen molar-refractivity contribution in [3.8, 4) is 0 Å². The van der Waals surface area contributed by atoms with Gasteiger partial charge in [-0.2, -0.15) is 0 Å². The third-order valence-corrected chi connectivity index (χ3v) is 3.16. The Labute approximate surface area is 101 Å². The van der Waals surface area contributed by atoms with Crippen LogP contribution in [0.1, 0.15) is 32.1 Å². The van der Waals surface area contributed by atoms with Crippen molar-refractivity contribution in [2.24, 2.45) is 5.73 Å². The van der Waals surface area contributed by atoms with E-state index in [1.807, 2.05) is 0 Å². The van der Waals surface area contributed by atoms with Crippen molar-refractivity contribution in [1.82, 2.24) is 5.32 Å². The van der Waals surface area contributed by atoms with Crippen molar-refractivity contribution in [2.75, 3.05) is 13.7 Å². The molecule has 17 heavy (non-hydrogen) atoms. The molecule has 1 aliphatic carbocycles. The molecule has 0 aromatic rings. The molecular formula is C11H20N2O4. The summed E-state index contributed by atoms with van der Waals surface area (Å²) in [6.07, 6.45) is 3.32. The predicted molar refractivity (Wildman–Crippen MR) is 61.4 cm³/mol. The van der Waals surface area contributed by atoms with Gasteiger partial charge in [0.2, 0.25) is 5.91 Å². The normalized spacial score (nSPS) is 19.9. The summed E-state index contributed by atoms with van der Waals surface area (Å²) < 4.78 is 4.81. The Bertz CT molecular complexity index is 287. The van der Waals surface area contributed by atoms with E-state index < -0.39 is 17.6 Å². The first-order chi connectivity index (χ1) is 7.99. The van der Waals surface area contributed by atoms with Crippen LogP contribution in [-0.2, 0) is 14.3 Å². The second-order valence-corrected chi connectivity index (χ2v) is 4.51. The Morgan fingerprint density at radius 3 is 2.53 bits per heavy atom. The van der Waals surface area contributed by atoms with Gasteiger partial charge in [0.25, 0.3) is 0 Å². The molecule has 0 aliphatic heterocycles. The number of nitrogens with two attached hydrogens (primary N) is 1. The monoisotopic (exact) mass is 244 g/mol. The summed E-state index contributed by atoms with van der Waals surface area (Å²) in [5, 5.41) is 11.5. The van der Waals surface area contributed by atoms with Crippen LogP contribution in [0, 0.1) is 0 Å². The first-order valence-corrected chi connectivity index (χ1v) is 5.81. The van der Waals surface area contributed by atoms with Gasteiger partial charge in [0.1, 0.15) is 6.04 Å². The standard InChI is InChI=1S/C11H20N2O4/c1-17-7-4-8(9(14)15)13-10(16)11(12)5-2-3-6-11/h8H,2-7,12H2,1H3,(H,13,16)(H,14,15). The van der Waals surface area contributed by atoms with E-state index in [4.69, 9.17) is 15.6 Å². The van der Waals surface area contributed by atoms with Gasteiger partial charge in [-0.1, -0.05) is 12.8 Å². The van der Waals surface area contributed by atoms with E-state index in [0.717, 1.165) is 12.8 Å². The maximum atomic E-state index is 11.9. The second kappa shape index (κ2) is 5.97. The molecule has 1 saturated carbocycles. The molecule has 0 bridgehead atoms. The third kappa shape index (κ3) is 3.67. The molecule has 0 aromatic carbocycles. The molecular weight excluding hydrogens is 224 g/mol. The fourth-order valence-corrected chi connectivity index (χ4v) is 2.03. The van der Waals surface area contributed by atoms with Crippen LogP contribution >= 0.6 is 0 Å². The van der Waals surface area contributed by atoms with Gasteiger partial charge in [-0.3, -0.25) is 4.79 Å². The van der Waals surface area contributed by atoms with Gasteiger partial charge in [-0.15, -0.1) is 0 Å². The van der Waals surface area contributed by atoms with Gasteiger partial charge in [-0.25, -0.2) is 4.79 Å². The van der Waals surface area contributed by atoms with Gasteiger partial charge in [0, 0.05) is 20.1 Å². The summed E-state index contributed by atoms with van der Waals surface area (Å²) in [5.41, 5.74) is 5.06. The fourth-order valence-electron chi connectivity index (χ4n) is 2.03. The summed E-state index contributed by atoms with van der Waals surface area (Å²) in [6.45, 7) is 0.287. The average molecular weight is 244 g/mol. The molecule has 1 aliphatic rings. The smallest absolute Gasteiger partial charge is 0.326 e. The molecule has 98 valence electrons. The minimum absolute atomic E-state index is 0.244. The fraction of sp³-hybridized carbons (Fsp3) is 0.818. The number of methoxy groups -OCH3 is 1. The maximum Gasteiger partial charge on any atom is 0.326 e. The van der Waals surface area contributed by atoms with Gasteiger partial charge in [-0.05, 0) is 12.8 Å². The Kier molecular flexibility index (Phi) is 4.89. The van der Waals surface area contributed by atoms with Crippen LogP contribution in [0.3, 0.4) is 0 Å². The van der Waals surface area contributed by atoms with E-state index in [1.165, 1.54) is 7.11 Å². The van der Waals surface area contributed by atoms with Crippen molar-refractivity contribution in [2.45, 2.75) is 43.7 Å². The zero-order chi connectivity index (χ0) is 12.9. The van der Waals surface area contributed by atoms with Gasteiger partial charge in [0.15, 0.2) is 0 Å². The first kappa shape index (κ1) is 13.9. The van der Waals surface area contributed by atoms with Crippen LogP contribution in [0.2, 0.25) is 0 Å². The molecule has 1 rings (SSSR count). The molecule has 6 nitrogen and oxygen atoms in total. The molecule has 0 aromatic heterocycles. The number of carbonyl (C=O) groups excluding carboxylic acids is 1. The summed E-state index contributed by atoms with van der Waals surface area (Å²) in [7, 11) is 1.49. The van der Waals surface area contributed by atoms with Crippen LogP contribution in [-0.4, -0.2) is 42.3 Å². The number of carbonyl (C=O) groups is 2. The molecule has 1 amide bonds. The van der Waals surface area contributed by atoms with Crippen LogP contribution in [0.25, 0.3) is 0 Å². The number of hydrogen-bond donors (Lipinski definition) is 3. The average Bonchev–Trinajstić information content (AvgIpc) is 2.72. The maximum absolute atomic E-state index is 11.9. The lowest BCUT2D eigenvalue weighted by Gasteiger charge is -2.24. The quantitative estimate of drug-likeness (QED) is 0.604. The minimum Gasteiger partial charge on any atom is -0.480 e. The summed E-state index contributed by atoms with van der Waals surface area (Å²) >= 11 is 0. The van der Waals surface area contributed by atoms with Crippen LogP contribution in [0.5, 0.6) is 0 Å². The van der Waals surface area contributed by atoms with Gasteiger partial charge in [0.05, 0.1) is 5.54 Å². The third-order valence-electron chi connectivity index (χ3n) is 3.16. The van der Waals surface area contributed by atoms with E-state index >= 15 is 0 Å². The molecule has 0 spiro atoms. The Morgan fingerprint density at radius 1 is 1.47 bits per heavy atom. The van der Waals surface area contributed by atoms with E-state index in [1.54, 1.807) is 0 Å². The highest BCUT2D eigenvalue weighted by Crippen LogP contribution is 2.27. The number of carboxylic acid groups (broad SMARTS) is 1. The highest BCUT2D eigenvalue weighted by molar-refractivity contribution is 5.90. The van der Waals surface area contributed by atoms with Crippen molar-refractivity contribution >= 4 is 11.9 Å².